The number of carbonyl (C=O) groups excluding carboxylic acids is 2. The van der Waals surface area contributed by atoms with Gasteiger partial charge in [-0.3, -0.25) is 9.59 Å². The Morgan fingerprint density at radius 3 is 2.62 bits per heavy atom. The summed E-state index contributed by atoms with van der Waals surface area (Å²) in [7, 11) is 0. The summed E-state index contributed by atoms with van der Waals surface area (Å²) in [4.78, 5) is 26.3. The molecule has 0 radical (unpaired) electrons. The fourth-order valence-corrected chi connectivity index (χ4v) is 2.56. The first-order valence-corrected chi connectivity index (χ1v) is 7.58. The van der Waals surface area contributed by atoms with Crippen LogP contribution < -0.4 is 10.3 Å². The van der Waals surface area contributed by atoms with Crippen LogP contribution in [0, 0.1) is 6.92 Å². The summed E-state index contributed by atoms with van der Waals surface area (Å²) in [6.07, 6.45) is 1.66. The second-order valence-corrected chi connectivity index (χ2v) is 5.49. The van der Waals surface area contributed by atoms with Crippen molar-refractivity contribution in [1.82, 2.24) is 5.43 Å². The van der Waals surface area contributed by atoms with Crippen LogP contribution in [0.5, 0.6) is 0 Å². The molecular formula is C19H17N3O2. The van der Waals surface area contributed by atoms with Crippen molar-refractivity contribution in [1.29, 1.82) is 0 Å². The Bertz CT molecular complexity index is 838. The zero-order chi connectivity index (χ0) is 17.1. The maximum absolute atomic E-state index is 12.5. The Morgan fingerprint density at radius 2 is 1.92 bits per heavy atom. The molecule has 0 saturated heterocycles. The van der Waals surface area contributed by atoms with Gasteiger partial charge in [-0.2, -0.15) is 5.10 Å². The number of hydrogen-bond acceptors (Lipinski definition) is 3. The lowest BCUT2D eigenvalue weighted by atomic mass is 10.1. The van der Waals surface area contributed by atoms with E-state index in [9.17, 15) is 9.59 Å². The molecule has 0 aliphatic carbocycles. The van der Waals surface area contributed by atoms with Gasteiger partial charge in [-0.15, -0.1) is 6.58 Å². The first-order valence-electron chi connectivity index (χ1n) is 7.58. The van der Waals surface area contributed by atoms with Crippen LogP contribution in [0.3, 0.4) is 0 Å². The lowest BCUT2D eigenvalue weighted by molar-refractivity contribution is -0.112. The van der Waals surface area contributed by atoms with Crippen molar-refractivity contribution in [2.45, 2.75) is 6.92 Å². The molecular weight excluding hydrogens is 302 g/mol. The zero-order valence-corrected chi connectivity index (χ0v) is 13.3. The molecule has 2 aromatic rings. The van der Waals surface area contributed by atoms with Gasteiger partial charge in [0, 0.05) is 17.7 Å². The van der Waals surface area contributed by atoms with E-state index in [4.69, 9.17) is 0 Å². The molecule has 2 amide bonds. The molecule has 1 aliphatic heterocycles. The highest BCUT2D eigenvalue weighted by molar-refractivity contribution is 6.54. The number of aryl methyl sites for hydroxylation is 1. The quantitative estimate of drug-likeness (QED) is 0.695. The van der Waals surface area contributed by atoms with E-state index in [0.717, 1.165) is 11.3 Å². The molecule has 5 heteroatoms. The predicted octanol–water partition coefficient (Wildman–Crippen LogP) is 2.66. The monoisotopic (exact) mass is 319 g/mol. The van der Waals surface area contributed by atoms with E-state index in [-0.39, 0.29) is 17.5 Å². The lowest BCUT2D eigenvalue weighted by Gasteiger charge is -2.13. The number of para-hydroxylation sites is 1. The fraction of sp³-hybridized carbons (Fsp3) is 0.105. The summed E-state index contributed by atoms with van der Waals surface area (Å²) in [6, 6.07) is 14.5. The fourth-order valence-electron chi connectivity index (χ4n) is 2.56. The summed E-state index contributed by atoms with van der Waals surface area (Å²) in [5.74, 6) is -0.602. The van der Waals surface area contributed by atoms with Crippen LogP contribution in [0.4, 0.5) is 5.69 Å². The number of hydrazone groups is 1. The van der Waals surface area contributed by atoms with E-state index in [1.54, 1.807) is 23.1 Å². The smallest absolute Gasteiger partial charge is 0.279 e. The van der Waals surface area contributed by atoms with E-state index in [2.05, 4.69) is 17.1 Å². The van der Waals surface area contributed by atoms with Gasteiger partial charge in [-0.25, -0.2) is 5.43 Å². The SMILES string of the molecule is C=CCN1C(=O)/C(=N\NC(=O)c2ccc(C)cc2)c2ccccc21. The molecule has 0 aromatic heterocycles. The van der Waals surface area contributed by atoms with Crippen LogP contribution in [0.2, 0.25) is 0 Å². The molecule has 1 heterocycles. The van der Waals surface area contributed by atoms with Gasteiger partial charge in [-0.1, -0.05) is 42.0 Å². The van der Waals surface area contributed by atoms with Gasteiger partial charge in [0.2, 0.25) is 0 Å². The van der Waals surface area contributed by atoms with Gasteiger partial charge in [-0.05, 0) is 25.1 Å². The third-order valence-corrected chi connectivity index (χ3v) is 3.79. The van der Waals surface area contributed by atoms with Crippen molar-refractivity contribution >= 4 is 23.2 Å². The van der Waals surface area contributed by atoms with Crippen LogP contribution in [-0.2, 0) is 4.79 Å². The van der Waals surface area contributed by atoms with Gasteiger partial charge in [0.25, 0.3) is 11.8 Å². The molecule has 0 unspecified atom stereocenters. The zero-order valence-electron chi connectivity index (χ0n) is 13.3. The van der Waals surface area contributed by atoms with Crippen molar-refractivity contribution in [3.8, 4) is 0 Å². The molecule has 5 nitrogen and oxygen atoms in total. The number of rotatable bonds is 4. The molecule has 1 N–H and O–H groups in total. The highest BCUT2D eigenvalue weighted by Gasteiger charge is 2.33. The predicted molar refractivity (Wildman–Crippen MR) is 94.2 cm³/mol. The van der Waals surface area contributed by atoms with E-state index < -0.39 is 0 Å². The third-order valence-electron chi connectivity index (χ3n) is 3.79. The highest BCUT2D eigenvalue weighted by Crippen LogP contribution is 2.28. The van der Waals surface area contributed by atoms with Crippen LogP contribution in [-0.4, -0.2) is 24.1 Å². The number of benzene rings is 2. The standard InChI is InChI=1S/C19H17N3O2/c1-3-12-22-16-7-5-4-6-15(16)17(19(22)24)20-21-18(23)14-10-8-13(2)9-11-14/h3-11H,1,12H2,2H3,(H,21,23)/b20-17-. The molecule has 3 rings (SSSR count). The van der Waals surface area contributed by atoms with Crippen LogP contribution in [0.15, 0.2) is 66.3 Å². The summed E-state index contributed by atoms with van der Waals surface area (Å²) < 4.78 is 0. The minimum absolute atomic E-state index is 0.230. The minimum atomic E-state index is -0.352. The van der Waals surface area contributed by atoms with E-state index in [1.807, 2.05) is 43.3 Å². The van der Waals surface area contributed by atoms with Gasteiger partial charge in [0.1, 0.15) is 0 Å². The first kappa shape index (κ1) is 15.7. The second kappa shape index (κ2) is 6.50. The number of amides is 2. The topological polar surface area (TPSA) is 61.8 Å². The Morgan fingerprint density at radius 1 is 1.21 bits per heavy atom. The minimum Gasteiger partial charge on any atom is -0.302 e. The first-order chi connectivity index (χ1) is 11.6. The Labute approximate surface area is 140 Å². The summed E-state index contributed by atoms with van der Waals surface area (Å²) in [5.41, 5.74) is 5.73. The number of carbonyl (C=O) groups is 2. The van der Waals surface area contributed by atoms with E-state index >= 15 is 0 Å². The Kier molecular flexibility index (Phi) is 4.24. The molecule has 0 saturated carbocycles. The highest BCUT2D eigenvalue weighted by atomic mass is 16.2. The second-order valence-electron chi connectivity index (χ2n) is 5.49. The molecule has 0 atom stereocenters. The van der Waals surface area contributed by atoms with E-state index in [0.29, 0.717) is 17.7 Å². The number of anilines is 1. The lowest BCUT2D eigenvalue weighted by Crippen LogP contribution is -2.31. The summed E-state index contributed by atoms with van der Waals surface area (Å²) in [6.45, 7) is 6.01. The van der Waals surface area contributed by atoms with Crippen LogP contribution in [0.25, 0.3) is 0 Å². The molecule has 0 spiro atoms. The molecule has 1 aliphatic rings. The van der Waals surface area contributed by atoms with Crippen molar-refractivity contribution in [2.75, 3.05) is 11.4 Å². The normalized spacial score (nSPS) is 14.6. The number of fused-ring (bicyclic) bond motifs is 1. The Hall–Kier alpha value is -3.21. The van der Waals surface area contributed by atoms with Gasteiger partial charge < -0.3 is 4.90 Å². The third kappa shape index (κ3) is 2.84. The van der Waals surface area contributed by atoms with Crippen LogP contribution in [0.1, 0.15) is 21.5 Å². The summed E-state index contributed by atoms with van der Waals surface area (Å²) in [5, 5.41) is 4.07. The largest absolute Gasteiger partial charge is 0.302 e. The number of nitrogens with zero attached hydrogens (tertiary/aromatic N) is 2. The van der Waals surface area contributed by atoms with Crippen molar-refractivity contribution in [2.24, 2.45) is 5.10 Å². The molecule has 0 fully saturated rings. The molecule has 0 bridgehead atoms. The maximum atomic E-state index is 12.5. The molecule has 24 heavy (non-hydrogen) atoms. The van der Waals surface area contributed by atoms with Gasteiger partial charge >= 0.3 is 0 Å². The van der Waals surface area contributed by atoms with Gasteiger partial charge in [0.15, 0.2) is 5.71 Å². The average Bonchev–Trinajstić information content (AvgIpc) is 2.86. The van der Waals surface area contributed by atoms with Crippen molar-refractivity contribution < 1.29 is 9.59 Å². The van der Waals surface area contributed by atoms with Gasteiger partial charge in [0.05, 0.1) is 5.69 Å². The van der Waals surface area contributed by atoms with Crippen LogP contribution >= 0.6 is 0 Å². The molecule has 2 aromatic carbocycles. The average molecular weight is 319 g/mol. The number of nitrogens with one attached hydrogen (secondary N) is 1. The van der Waals surface area contributed by atoms with Crippen molar-refractivity contribution in [3.63, 3.8) is 0 Å². The Balaban J connectivity index is 1.87. The number of hydrogen-bond donors (Lipinski definition) is 1. The summed E-state index contributed by atoms with van der Waals surface area (Å²) >= 11 is 0. The van der Waals surface area contributed by atoms with E-state index in [1.165, 1.54) is 0 Å². The molecule has 120 valence electrons. The maximum Gasteiger partial charge on any atom is 0.279 e. The van der Waals surface area contributed by atoms with Crippen molar-refractivity contribution in [3.05, 3.63) is 77.9 Å².